The van der Waals surface area contributed by atoms with Gasteiger partial charge in [0.25, 0.3) is 0 Å². The van der Waals surface area contributed by atoms with Crippen LogP contribution in [0, 0.1) is 10.1 Å². The van der Waals surface area contributed by atoms with Gasteiger partial charge in [-0.1, -0.05) is 12.1 Å². The van der Waals surface area contributed by atoms with Crippen LogP contribution in [0.5, 0.6) is 0 Å². The van der Waals surface area contributed by atoms with E-state index in [-0.39, 0.29) is 19.6 Å². The second-order valence-electron chi connectivity index (χ2n) is 5.91. The van der Waals surface area contributed by atoms with Crippen LogP contribution in [0.15, 0.2) is 48.7 Å². The van der Waals surface area contributed by atoms with Crippen molar-refractivity contribution in [2.24, 2.45) is 0 Å². The van der Waals surface area contributed by atoms with Gasteiger partial charge in [-0.25, -0.2) is 4.79 Å². The standard InChI is InChI=1S/C19H21N3O5/c1-3-27-19(24)15-7-6-9-17(12-15)21(13-16-8-4-5-10-20-16)18(23)11-14(2)22(25)26/h4-10,12,14H,3,11,13H2,1-2H3. The molecule has 0 aliphatic rings. The molecule has 27 heavy (non-hydrogen) atoms. The van der Waals surface area contributed by atoms with Gasteiger partial charge in [-0.3, -0.25) is 19.9 Å². The molecule has 0 N–H and O–H groups in total. The van der Waals surface area contributed by atoms with Crippen molar-refractivity contribution >= 4 is 17.6 Å². The van der Waals surface area contributed by atoms with Gasteiger partial charge < -0.3 is 9.64 Å². The third-order valence-electron chi connectivity index (χ3n) is 3.85. The van der Waals surface area contributed by atoms with Crippen LogP contribution in [0.2, 0.25) is 0 Å². The maximum absolute atomic E-state index is 12.7. The number of esters is 1. The normalized spacial score (nSPS) is 11.5. The highest BCUT2D eigenvalue weighted by Crippen LogP contribution is 2.21. The van der Waals surface area contributed by atoms with Crippen LogP contribution in [0.3, 0.4) is 0 Å². The van der Waals surface area contributed by atoms with E-state index in [2.05, 4.69) is 4.98 Å². The molecular formula is C19H21N3O5. The number of hydrogen-bond acceptors (Lipinski definition) is 6. The Morgan fingerprint density at radius 1 is 1.26 bits per heavy atom. The molecule has 8 nitrogen and oxygen atoms in total. The maximum Gasteiger partial charge on any atom is 0.338 e. The minimum Gasteiger partial charge on any atom is -0.462 e. The van der Waals surface area contributed by atoms with Gasteiger partial charge in [0.2, 0.25) is 11.9 Å². The molecule has 0 radical (unpaired) electrons. The topological polar surface area (TPSA) is 103 Å². The molecule has 1 unspecified atom stereocenters. The average Bonchev–Trinajstić information content (AvgIpc) is 2.67. The van der Waals surface area contributed by atoms with Crippen LogP contribution in [-0.4, -0.2) is 34.4 Å². The monoisotopic (exact) mass is 371 g/mol. The van der Waals surface area contributed by atoms with Gasteiger partial charge in [-0.05, 0) is 37.3 Å². The first-order valence-electron chi connectivity index (χ1n) is 8.53. The molecule has 0 spiro atoms. The molecule has 0 saturated heterocycles. The molecule has 2 aromatic rings. The van der Waals surface area contributed by atoms with E-state index < -0.39 is 22.8 Å². The Morgan fingerprint density at radius 2 is 2.04 bits per heavy atom. The lowest BCUT2D eigenvalue weighted by atomic mass is 10.1. The zero-order chi connectivity index (χ0) is 19.8. The number of nitro groups is 1. The van der Waals surface area contributed by atoms with Crippen LogP contribution in [0.4, 0.5) is 5.69 Å². The summed E-state index contributed by atoms with van der Waals surface area (Å²) in [5.41, 5.74) is 1.38. The van der Waals surface area contributed by atoms with Crippen LogP contribution in [0.1, 0.15) is 36.3 Å². The SMILES string of the molecule is CCOC(=O)c1cccc(N(Cc2ccccn2)C(=O)CC(C)[N+](=O)[O-])c1. The number of carbonyl (C=O) groups is 2. The number of aromatic nitrogens is 1. The summed E-state index contributed by atoms with van der Waals surface area (Å²) < 4.78 is 4.99. The lowest BCUT2D eigenvalue weighted by molar-refractivity contribution is -0.516. The van der Waals surface area contributed by atoms with Gasteiger partial charge in [0.05, 0.1) is 30.8 Å². The zero-order valence-corrected chi connectivity index (χ0v) is 15.2. The van der Waals surface area contributed by atoms with Crippen molar-refractivity contribution in [2.45, 2.75) is 32.9 Å². The summed E-state index contributed by atoms with van der Waals surface area (Å²) >= 11 is 0. The lowest BCUT2D eigenvalue weighted by Gasteiger charge is -2.23. The molecule has 8 heteroatoms. The van der Waals surface area contributed by atoms with Crippen molar-refractivity contribution in [3.63, 3.8) is 0 Å². The first-order valence-corrected chi connectivity index (χ1v) is 8.53. The Morgan fingerprint density at radius 3 is 2.67 bits per heavy atom. The van der Waals surface area contributed by atoms with Gasteiger partial charge in [-0.2, -0.15) is 0 Å². The van der Waals surface area contributed by atoms with E-state index in [0.717, 1.165) is 0 Å². The molecule has 0 aliphatic heterocycles. The molecule has 1 atom stereocenters. The predicted octanol–water partition coefficient (Wildman–Crippen LogP) is 2.85. The summed E-state index contributed by atoms with van der Waals surface area (Å²) in [6.07, 6.45) is 1.34. The van der Waals surface area contributed by atoms with E-state index in [0.29, 0.717) is 16.9 Å². The highest BCUT2D eigenvalue weighted by atomic mass is 16.6. The number of anilines is 1. The Labute approximate surface area is 156 Å². The highest BCUT2D eigenvalue weighted by molar-refractivity contribution is 5.96. The van der Waals surface area contributed by atoms with E-state index >= 15 is 0 Å². The fourth-order valence-electron chi connectivity index (χ4n) is 2.43. The van der Waals surface area contributed by atoms with Crippen molar-refractivity contribution in [2.75, 3.05) is 11.5 Å². The van der Waals surface area contributed by atoms with Crippen molar-refractivity contribution in [1.29, 1.82) is 0 Å². The van der Waals surface area contributed by atoms with Crippen LogP contribution in [-0.2, 0) is 16.1 Å². The smallest absolute Gasteiger partial charge is 0.338 e. The Balaban J connectivity index is 2.34. The number of benzene rings is 1. The third kappa shape index (κ3) is 5.60. The first kappa shape index (κ1) is 20.0. The molecule has 142 valence electrons. The van der Waals surface area contributed by atoms with Crippen LogP contribution < -0.4 is 4.90 Å². The highest BCUT2D eigenvalue weighted by Gasteiger charge is 2.25. The Bertz CT molecular complexity index is 810. The zero-order valence-electron chi connectivity index (χ0n) is 15.2. The minimum absolute atomic E-state index is 0.135. The van der Waals surface area contributed by atoms with Gasteiger partial charge in [0.15, 0.2) is 0 Å². The second kappa shape index (κ2) is 9.42. The summed E-state index contributed by atoms with van der Waals surface area (Å²) in [6.45, 7) is 3.46. The number of pyridine rings is 1. The largest absolute Gasteiger partial charge is 0.462 e. The van der Waals surface area contributed by atoms with Gasteiger partial charge >= 0.3 is 5.97 Å². The molecule has 1 heterocycles. The molecule has 0 bridgehead atoms. The van der Waals surface area contributed by atoms with Crippen molar-refractivity contribution in [3.05, 3.63) is 70.0 Å². The fraction of sp³-hybridized carbons (Fsp3) is 0.316. The molecule has 2 rings (SSSR count). The predicted molar refractivity (Wildman–Crippen MR) is 98.9 cm³/mol. The van der Waals surface area contributed by atoms with E-state index in [1.54, 1.807) is 49.5 Å². The van der Waals surface area contributed by atoms with Gasteiger partial charge in [-0.15, -0.1) is 0 Å². The number of carbonyl (C=O) groups excluding carboxylic acids is 2. The molecule has 1 aromatic heterocycles. The number of amides is 1. The van der Waals surface area contributed by atoms with Crippen molar-refractivity contribution < 1.29 is 19.2 Å². The van der Waals surface area contributed by atoms with Crippen molar-refractivity contribution in [3.8, 4) is 0 Å². The van der Waals surface area contributed by atoms with E-state index in [1.807, 2.05) is 0 Å². The summed E-state index contributed by atoms with van der Waals surface area (Å²) in [6, 6.07) is 10.7. The van der Waals surface area contributed by atoms with Crippen LogP contribution >= 0.6 is 0 Å². The molecule has 0 aliphatic carbocycles. The van der Waals surface area contributed by atoms with E-state index in [9.17, 15) is 19.7 Å². The van der Waals surface area contributed by atoms with Crippen molar-refractivity contribution in [1.82, 2.24) is 4.98 Å². The summed E-state index contributed by atoms with van der Waals surface area (Å²) in [7, 11) is 0. The number of hydrogen-bond donors (Lipinski definition) is 0. The number of rotatable bonds is 8. The van der Waals surface area contributed by atoms with Gasteiger partial charge in [0.1, 0.15) is 0 Å². The maximum atomic E-state index is 12.7. The number of nitrogens with zero attached hydrogens (tertiary/aromatic N) is 3. The Kier molecular flexibility index (Phi) is 6.99. The summed E-state index contributed by atoms with van der Waals surface area (Å²) in [4.78, 5) is 40.8. The quantitative estimate of drug-likeness (QED) is 0.402. The minimum atomic E-state index is -1.02. The fourth-order valence-corrected chi connectivity index (χ4v) is 2.43. The summed E-state index contributed by atoms with van der Waals surface area (Å²) in [5.74, 6) is -0.922. The van der Waals surface area contributed by atoms with Gasteiger partial charge in [0, 0.05) is 23.7 Å². The average molecular weight is 371 g/mol. The lowest BCUT2D eigenvalue weighted by Crippen LogP contribution is -2.34. The van der Waals surface area contributed by atoms with E-state index in [4.69, 9.17) is 4.74 Å². The van der Waals surface area contributed by atoms with E-state index in [1.165, 1.54) is 17.9 Å². The molecule has 1 aromatic carbocycles. The van der Waals surface area contributed by atoms with Crippen LogP contribution in [0.25, 0.3) is 0 Å². The second-order valence-corrected chi connectivity index (χ2v) is 5.91. The third-order valence-corrected chi connectivity index (χ3v) is 3.85. The summed E-state index contributed by atoms with van der Waals surface area (Å²) in [5, 5.41) is 10.9. The molecule has 0 saturated carbocycles. The number of ether oxygens (including phenoxy) is 1. The molecular weight excluding hydrogens is 350 g/mol. The molecule has 1 amide bonds. The Hall–Kier alpha value is -3.29. The molecule has 0 fully saturated rings. The first-order chi connectivity index (χ1) is 12.9.